The van der Waals surface area contributed by atoms with Gasteiger partial charge in [-0.2, -0.15) is 26.3 Å². The first-order valence-electron chi connectivity index (χ1n) is 14.2. The second-order valence-electron chi connectivity index (χ2n) is 10.6. The largest absolute Gasteiger partial charge is 0.497 e. The Hall–Kier alpha value is -5.33. The molecule has 49 heavy (non-hydrogen) atoms. The van der Waals surface area contributed by atoms with E-state index >= 15 is 0 Å². The first-order valence-corrected chi connectivity index (χ1v) is 14.2. The quantitative estimate of drug-likeness (QED) is 0.268. The SMILES string of the molecule is COc1ccc2c(c1)CC(C(=O)Nc1ccc(-c3ccnc(N)n3)cc1OC1CCN(C)C1)CO2.O=C(O)C(F)(F)F.O=C(O)C(F)(F)F. The highest BCUT2D eigenvalue weighted by Gasteiger charge is 2.39. The van der Waals surface area contributed by atoms with Crippen molar-refractivity contribution in [2.24, 2.45) is 5.92 Å². The average molecular weight is 704 g/mol. The molecule has 0 saturated carbocycles. The van der Waals surface area contributed by atoms with Crippen LogP contribution in [0.2, 0.25) is 0 Å². The van der Waals surface area contributed by atoms with Gasteiger partial charge >= 0.3 is 24.3 Å². The number of hydrogen-bond acceptors (Lipinski definition) is 10. The zero-order valence-electron chi connectivity index (χ0n) is 25.8. The Labute approximate surface area is 274 Å². The van der Waals surface area contributed by atoms with Gasteiger partial charge in [0.1, 0.15) is 30.0 Å². The van der Waals surface area contributed by atoms with Crippen LogP contribution in [0.25, 0.3) is 11.3 Å². The third-order valence-electron chi connectivity index (χ3n) is 6.88. The van der Waals surface area contributed by atoms with E-state index in [0.717, 1.165) is 42.1 Å². The molecule has 5 N–H and O–H groups in total. The molecule has 3 aromatic rings. The lowest BCUT2D eigenvalue weighted by Crippen LogP contribution is -2.33. The molecule has 0 spiro atoms. The summed E-state index contributed by atoms with van der Waals surface area (Å²) in [5, 5.41) is 17.3. The van der Waals surface area contributed by atoms with Crippen molar-refractivity contribution in [3.63, 3.8) is 0 Å². The number of fused-ring (bicyclic) bond motifs is 1. The van der Waals surface area contributed by atoms with Crippen LogP contribution in [0.4, 0.5) is 38.0 Å². The molecular weight excluding hydrogens is 672 g/mol. The molecule has 5 rings (SSSR count). The first-order chi connectivity index (χ1) is 22.9. The maximum absolute atomic E-state index is 13.2. The third-order valence-corrected chi connectivity index (χ3v) is 6.88. The molecule has 2 aliphatic rings. The number of carbonyl (C=O) groups is 3. The van der Waals surface area contributed by atoms with Gasteiger partial charge in [-0.3, -0.25) is 4.79 Å². The number of aliphatic carboxylic acids is 2. The van der Waals surface area contributed by atoms with E-state index in [0.29, 0.717) is 30.2 Å². The standard InChI is InChI=1S/C26H29N5O4.2C2HF3O2/c1-31-10-8-20(14-31)35-24-13-16(21-7-9-28-26(27)30-21)3-5-22(24)29-25(32)18-11-17-12-19(33-2)4-6-23(17)34-15-18;2*3-2(4,5)1(6)7/h3-7,9,12-13,18,20H,8,10-11,14-15H2,1-2H3,(H,29,32)(H2,27,28,30);2*(H,6,7). The summed E-state index contributed by atoms with van der Waals surface area (Å²) in [7, 11) is 3.70. The van der Waals surface area contributed by atoms with Crippen molar-refractivity contribution >= 4 is 29.5 Å². The number of rotatable bonds is 6. The van der Waals surface area contributed by atoms with Crippen LogP contribution in [-0.4, -0.2) is 95.2 Å². The Morgan fingerprint density at radius 1 is 1.02 bits per heavy atom. The molecule has 1 saturated heterocycles. The summed E-state index contributed by atoms with van der Waals surface area (Å²) in [6.45, 7) is 2.11. The number of nitrogens with zero attached hydrogens (tertiary/aromatic N) is 3. The van der Waals surface area contributed by atoms with Crippen molar-refractivity contribution in [2.45, 2.75) is 31.3 Å². The van der Waals surface area contributed by atoms with E-state index in [9.17, 15) is 31.1 Å². The summed E-state index contributed by atoms with van der Waals surface area (Å²) in [4.78, 5) is 41.6. The van der Waals surface area contributed by atoms with Crippen LogP contribution >= 0.6 is 0 Å². The van der Waals surface area contributed by atoms with Crippen LogP contribution in [0.15, 0.2) is 48.7 Å². The summed E-state index contributed by atoms with van der Waals surface area (Å²) in [6.07, 6.45) is -7.02. The summed E-state index contributed by atoms with van der Waals surface area (Å²) in [6, 6.07) is 13.1. The van der Waals surface area contributed by atoms with Gasteiger partial charge in [-0.25, -0.2) is 19.6 Å². The van der Waals surface area contributed by atoms with Crippen LogP contribution in [-0.2, 0) is 20.8 Å². The number of likely N-dealkylation sites (tertiary alicyclic amines) is 1. The fourth-order valence-electron chi connectivity index (χ4n) is 4.49. The van der Waals surface area contributed by atoms with Crippen LogP contribution in [0.5, 0.6) is 17.2 Å². The number of ether oxygens (including phenoxy) is 3. The number of carboxylic acids is 2. The molecule has 2 aromatic carbocycles. The van der Waals surface area contributed by atoms with E-state index in [2.05, 4.69) is 27.2 Å². The maximum atomic E-state index is 13.2. The molecule has 13 nitrogen and oxygen atoms in total. The molecule has 2 atom stereocenters. The number of carboxylic acid groups (broad SMARTS) is 2. The Bertz CT molecular complexity index is 1620. The Balaban J connectivity index is 0.000000392. The normalized spacial score (nSPS) is 17.1. The maximum Gasteiger partial charge on any atom is 0.490 e. The molecule has 266 valence electrons. The van der Waals surface area contributed by atoms with Gasteiger partial charge in [0.15, 0.2) is 0 Å². The number of anilines is 2. The molecule has 0 radical (unpaired) electrons. The number of likely N-dealkylation sites (N-methyl/N-ethyl adjacent to an activating group) is 1. The van der Waals surface area contributed by atoms with Crippen molar-refractivity contribution in [1.29, 1.82) is 0 Å². The minimum atomic E-state index is -5.08. The van der Waals surface area contributed by atoms with E-state index < -0.39 is 24.3 Å². The van der Waals surface area contributed by atoms with Crippen LogP contribution < -0.4 is 25.3 Å². The molecule has 2 aliphatic heterocycles. The van der Waals surface area contributed by atoms with E-state index in [-0.39, 0.29) is 23.9 Å². The summed E-state index contributed by atoms with van der Waals surface area (Å²) in [5.41, 5.74) is 8.87. The number of alkyl halides is 6. The lowest BCUT2D eigenvalue weighted by atomic mass is 9.95. The van der Waals surface area contributed by atoms with E-state index in [1.807, 2.05) is 36.4 Å². The minimum Gasteiger partial charge on any atom is -0.497 e. The van der Waals surface area contributed by atoms with Gasteiger partial charge < -0.3 is 40.4 Å². The number of benzene rings is 2. The molecular formula is C30H31F6N5O8. The summed E-state index contributed by atoms with van der Waals surface area (Å²) in [5.74, 6) is -3.63. The van der Waals surface area contributed by atoms with Crippen molar-refractivity contribution in [3.8, 4) is 28.5 Å². The van der Waals surface area contributed by atoms with Gasteiger partial charge in [0.2, 0.25) is 11.9 Å². The molecule has 3 heterocycles. The number of methoxy groups -OCH3 is 1. The number of nitrogens with one attached hydrogen (secondary N) is 1. The van der Waals surface area contributed by atoms with Crippen LogP contribution in [0, 0.1) is 5.92 Å². The lowest BCUT2D eigenvalue weighted by molar-refractivity contribution is -0.193. The van der Waals surface area contributed by atoms with Gasteiger partial charge in [0.05, 0.1) is 24.4 Å². The number of amides is 1. The summed E-state index contributed by atoms with van der Waals surface area (Å²) >= 11 is 0. The van der Waals surface area contributed by atoms with Gasteiger partial charge in [0, 0.05) is 24.8 Å². The fraction of sp³-hybridized carbons (Fsp3) is 0.367. The molecule has 1 fully saturated rings. The first kappa shape index (κ1) is 38.1. The Morgan fingerprint density at radius 3 is 2.22 bits per heavy atom. The zero-order chi connectivity index (χ0) is 36.5. The van der Waals surface area contributed by atoms with Crippen molar-refractivity contribution in [3.05, 3.63) is 54.2 Å². The van der Waals surface area contributed by atoms with Crippen molar-refractivity contribution in [1.82, 2.24) is 14.9 Å². The number of aromatic nitrogens is 2. The average Bonchev–Trinajstić information content (AvgIpc) is 3.45. The van der Waals surface area contributed by atoms with Gasteiger partial charge in [0.25, 0.3) is 0 Å². The van der Waals surface area contributed by atoms with Gasteiger partial charge in [-0.05, 0) is 61.9 Å². The van der Waals surface area contributed by atoms with Crippen molar-refractivity contribution in [2.75, 3.05) is 44.9 Å². The Kier molecular flexibility index (Phi) is 12.6. The zero-order valence-corrected chi connectivity index (χ0v) is 25.8. The smallest absolute Gasteiger partial charge is 0.490 e. The number of halogens is 6. The highest BCUT2D eigenvalue weighted by Crippen LogP contribution is 2.35. The second kappa shape index (κ2) is 16.2. The number of carbonyl (C=O) groups excluding carboxylic acids is 1. The van der Waals surface area contributed by atoms with Crippen molar-refractivity contribution < 1.29 is 65.1 Å². The highest BCUT2D eigenvalue weighted by molar-refractivity contribution is 5.95. The van der Waals surface area contributed by atoms with E-state index in [4.69, 9.17) is 39.7 Å². The monoisotopic (exact) mass is 703 g/mol. The van der Waals surface area contributed by atoms with Gasteiger partial charge in [-0.1, -0.05) is 6.07 Å². The highest BCUT2D eigenvalue weighted by atomic mass is 19.4. The molecule has 0 bridgehead atoms. The molecule has 2 unspecified atom stereocenters. The number of nitrogen functional groups attached to an aromatic ring is 1. The molecule has 1 amide bonds. The molecule has 1 aromatic heterocycles. The minimum absolute atomic E-state index is 0.0405. The number of hydrogen-bond donors (Lipinski definition) is 4. The van der Waals surface area contributed by atoms with E-state index in [1.54, 1.807) is 19.4 Å². The molecule has 19 heteroatoms. The Morgan fingerprint density at radius 2 is 1.67 bits per heavy atom. The van der Waals surface area contributed by atoms with Crippen LogP contribution in [0.3, 0.4) is 0 Å². The predicted octanol–water partition coefficient (Wildman–Crippen LogP) is 4.27. The molecule has 0 aliphatic carbocycles. The second-order valence-corrected chi connectivity index (χ2v) is 10.6. The van der Waals surface area contributed by atoms with Gasteiger partial charge in [-0.15, -0.1) is 0 Å². The van der Waals surface area contributed by atoms with Crippen LogP contribution in [0.1, 0.15) is 12.0 Å². The number of nitrogens with two attached hydrogens (primary N) is 1. The summed E-state index contributed by atoms with van der Waals surface area (Å²) < 4.78 is 81.0. The topological polar surface area (TPSA) is 186 Å². The third kappa shape index (κ3) is 11.4. The fourth-order valence-corrected chi connectivity index (χ4v) is 4.49. The lowest BCUT2D eigenvalue weighted by Gasteiger charge is -2.25. The van der Waals surface area contributed by atoms with E-state index in [1.165, 1.54) is 0 Å². The predicted molar refractivity (Wildman–Crippen MR) is 160 cm³/mol.